The first-order valence-corrected chi connectivity index (χ1v) is 12.0. The maximum Gasteiger partial charge on any atom is 0.339 e. The number of carboxylic acids is 1. The Hall–Kier alpha value is -4.16. The Kier molecular flexibility index (Phi) is 8.07. The zero-order valence-electron chi connectivity index (χ0n) is 20.1. The van der Waals surface area contributed by atoms with Crippen molar-refractivity contribution in [3.05, 3.63) is 101 Å². The maximum absolute atomic E-state index is 14.1. The molecule has 12 heteroatoms. The zero-order valence-corrected chi connectivity index (χ0v) is 20.9. The van der Waals surface area contributed by atoms with Gasteiger partial charge in [0.05, 0.1) is 13.1 Å². The second-order valence-corrected chi connectivity index (χ2v) is 9.66. The quantitative estimate of drug-likeness (QED) is 0.117. The van der Waals surface area contributed by atoms with Crippen LogP contribution in [-0.4, -0.2) is 40.0 Å². The van der Waals surface area contributed by atoms with Gasteiger partial charge < -0.3 is 15.1 Å². The molecule has 6 nitrogen and oxygen atoms in total. The number of hydrogen-bond donors (Lipinski definition) is 2. The van der Waals surface area contributed by atoms with E-state index >= 15 is 0 Å². The van der Waals surface area contributed by atoms with Crippen LogP contribution < -0.4 is 4.90 Å². The number of benzene rings is 4. The number of nitrogens with zero attached hydrogens (tertiary/aromatic N) is 2. The average molecular weight is 563 g/mol. The third kappa shape index (κ3) is 5.81. The van der Waals surface area contributed by atoms with E-state index in [2.05, 4.69) is 0 Å². The summed E-state index contributed by atoms with van der Waals surface area (Å²) in [6.45, 7) is -0.601. The van der Waals surface area contributed by atoms with Gasteiger partial charge in [0.1, 0.15) is 16.2 Å². The molecule has 0 aliphatic heterocycles. The molecule has 39 heavy (non-hydrogen) atoms. The van der Waals surface area contributed by atoms with Crippen molar-refractivity contribution in [1.82, 2.24) is 4.31 Å². The number of amides is 1. The van der Waals surface area contributed by atoms with Crippen LogP contribution in [0.4, 0.5) is 27.6 Å². The van der Waals surface area contributed by atoms with E-state index in [0.29, 0.717) is 5.56 Å². The van der Waals surface area contributed by atoms with E-state index in [0.717, 1.165) is 27.2 Å². The lowest BCUT2D eigenvalue weighted by Gasteiger charge is -2.26. The predicted molar refractivity (Wildman–Crippen MR) is 135 cm³/mol. The number of carbonyl (C=O) groups is 2. The number of phenols is 1. The number of fused-ring (bicyclic) bond motifs is 1. The predicted octanol–water partition coefficient (Wildman–Crippen LogP) is 6.11. The number of anilines is 1. The molecule has 0 atom stereocenters. The van der Waals surface area contributed by atoms with Crippen molar-refractivity contribution in [3.63, 3.8) is 0 Å². The van der Waals surface area contributed by atoms with Crippen molar-refractivity contribution < 1.29 is 41.8 Å². The molecule has 0 unspecified atom stereocenters. The maximum atomic E-state index is 14.1. The number of aromatic carboxylic acids is 1. The SMILES string of the molecule is CN(CC(=O)N(Cc1ccc2ccccc2c1)c1ccc(C(=O)O)c(O)c1)Sc1c(F)c(F)c(F)c(F)c1F. The van der Waals surface area contributed by atoms with Crippen LogP contribution in [0, 0.1) is 29.1 Å². The van der Waals surface area contributed by atoms with E-state index in [1.807, 2.05) is 36.4 Å². The fraction of sp³-hybridized carbons (Fsp3) is 0.111. The van der Waals surface area contributed by atoms with Gasteiger partial charge in [0.25, 0.3) is 0 Å². The highest BCUT2D eigenvalue weighted by Gasteiger charge is 2.28. The minimum atomic E-state index is -2.29. The molecule has 1 amide bonds. The van der Waals surface area contributed by atoms with Crippen LogP contribution >= 0.6 is 11.9 Å². The molecule has 4 aromatic rings. The van der Waals surface area contributed by atoms with E-state index in [9.17, 15) is 41.8 Å². The average Bonchev–Trinajstić information content (AvgIpc) is 2.91. The summed E-state index contributed by atoms with van der Waals surface area (Å²) in [6, 6.07) is 16.4. The van der Waals surface area contributed by atoms with Gasteiger partial charge in [0.2, 0.25) is 11.7 Å². The summed E-state index contributed by atoms with van der Waals surface area (Å²) >= 11 is 0.155. The first kappa shape index (κ1) is 27.9. The molecule has 0 saturated heterocycles. The van der Waals surface area contributed by atoms with E-state index in [1.54, 1.807) is 6.07 Å². The molecule has 0 spiro atoms. The highest BCUT2D eigenvalue weighted by Crippen LogP contribution is 2.33. The van der Waals surface area contributed by atoms with Crippen molar-refractivity contribution in [2.45, 2.75) is 11.4 Å². The van der Waals surface area contributed by atoms with Crippen molar-refractivity contribution in [3.8, 4) is 5.75 Å². The van der Waals surface area contributed by atoms with Crippen molar-refractivity contribution >= 4 is 40.3 Å². The summed E-state index contributed by atoms with van der Waals surface area (Å²) in [7, 11) is 1.22. The molecule has 0 heterocycles. The second-order valence-electron chi connectivity index (χ2n) is 8.44. The Bertz CT molecular complexity index is 1570. The van der Waals surface area contributed by atoms with Gasteiger partial charge in [0.15, 0.2) is 23.3 Å². The first-order chi connectivity index (χ1) is 18.5. The highest BCUT2D eigenvalue weighted by molar-refractivity contribution is 7.97. The Balaban J connectivity index is 1.64. The van der Waals surface area contributed by atoms with Gasteiger partial charge in [-0.15, -0.1) is 0 Å². The molecule has 0 aliphatic rings. The lowest BCUT2D eigenvalue weighted by molar-refractivity contribution is -0.118. The van der Waals surface area contributed by atoms with Crippen molar-refractivity contribution in [2.75, 3.05) is 18.5 Å². The van der Waals surface area contributed by atoms with E-state index in [-0.39, 0.29) is 24.2 Å². The third-order valence-electron chi connectivity index (χ3n) is 5.75. The van der Waals surface area contributed by atoms with Gasteiger partial charge in [-0.25, -0.2) is 31.1 Å². The number of aromatic hydroxyl groups is 1. The van der Waals surface area contributed by atoms with Crippen LogP contribution in [0.25, 0.3) is 10.8 Å². The van der Waals surface area contributed by atoms with E-state index in [1.165, 1.54) is 18.0 Å². The van der Waals surface area contributed by atoms with Crippen LogP contribution in [0.3, 0.4) is 0 Å². The second kappa shape index (κ2) is 11.3. The summed E-state index contributed by atoms with van der Waals surface area (Å²) in [5.41, 5.74) is 0.389. The molecule has 0 aliphatic carbocycles. The Labute approximate surface area is 223 Å². The largest absolute Gasteiger partial charge is 0.507 e. The molecule has 0 bridgehead atoms. The summed E-state index contributed by atoms with van der Waals surface area (Å²) < 4.78 is 69.9. The van der Waals surface area contributed by atoms with Crippen LogP contribution in [0.1, 0.15) is 15.9 Å². The molecule has 4 aromatic carbocycles. The van der Waals surface area contributed by atoms with Crippen LogP contribution in [0.2, 0.25) is 0 Å². The summed E-state index contributed by atoms with van der Waals surface area (Å²) in [5, 5.41) is 21.2. The Morgan fingerprint density at radius 3 is 2.05 bits per heavy atom. The summed E-state index contributed by atoms with van der Waals surface area (Å²) in [5.74, 6) is -13.2. The Morgan fingerprint density at radius 2 is 1.44 bits per heavy atom. The topological polar surface area (TPSA) is 81.1 Å². The highest BCUT2D eigenvalue weighted by atomic mass is 32.2. The van der Waals surface area contributed by atoms with E-state index < -0.39 is 63.7 Å². The van der Waals surface area contributed by atoms with Crippen molar-refractivity contribution in [1.29, 1.82) is 0 Å². The normalized spacial score (nSPS) is 11.3. The minimum absolute atomic E-state index is 0.0451. The molecule has 202 valence electrons. The number of carbonyl (C=O) groups excluding carboxylic acids is 1. The third-order valence-corrected chi connectivity index (χ3v) is 6.74. The monoisotopic (exact) mass is 562 g/mol. The van der Waals surface area contributed by atoms with Gasteiger partial charge >= 0.3 is 5.97 Å². The number of hydrogen-bond acceptors (Lipinski definition) is 5. The Morgan fingerprint density at radius 1 is 0.821 bits per heavy atom. The van der Waals surface area contributed by atoms with Crippen LogP contribution in [-0.2, 0) is 11.3 Å². The molecule has 4 rings (SSSR count). The number of halogens is 5. The summed E-state index contributed by atoms with van der Waals surface area (Å²) in [6.07, 6.45) is 0. The molecule has 2 N–H and O–H groups in total. The lowest BCUT2D eigenvalue weighted by Crippen LogP contribution is -2.37. The fourth-order valence-corrected chi connectivity index (χ4v) is 4.67. The zero-order chi connectivity index (χ0) is 28.4. The number of rotatable bonds is 8. The summed E-state index contributed by atoms with van der Waals surface area (Å²) in [4.78, 5) is 24.7. The van der Waals surface area contributed by atoms with Gasteiger partial charge in [-0.2, -0.15) is 0 Å². The van der Waals surface area contributed by atoms with Gasteiger partial charge in [-0.3, -0.25) is 4.79 Å². The molecule has 0 saturated carbocycles. The molecular weight excluding hydrogens is 543 g/mol. The molecular formula is C27H19F5N2O4S. The van der Waals surface area contributed by atoms with Crippen LogP contribution in [0.5, 0.6) is 5.75 Å². The smallest absolute Gasteiger partial charge is 0.339 e. The minimum Gasteiger partial charge on any atom is -0.507 e. The van der Waals surface area contributed by atoms with Crippen molar-refractivity contribution in [2.24, 2.45) is 0 Å². The fourth-order valence-electron chi connectivity index (χ4n) is 3.84. The molecule has 0 radical (unpaired) electrons. The molecule has 0 fully saturated rings. The van der Waals surface area contributed by atoms with Gasteiger partial charge in [-0.05, 0) is 53.5 Å². The van der Waals surface area contributed by atoms with Gasteiger partial charge in [-0.1, -0.05) is 36.4 Å². The van der Waals surface area contributed by atoms with Gasteiger partial charge in [0, 0.05) is 11.8 Å². The van der Waals surface area contributed by atoms with Crippen LogP contribution in [0.15, 0.2) is 65.6 Å². The number of likely N-dealkylation sites (N-methyl/N-ethyl adjacent to an activating group) is 1. The molecule has 0 aromatic heterocycles. The number of carboxylic acid groups (broad SMARTS) is 1. The first-order valence-electron chi connectivity index (χ1n) is 11.2. The standard InChI is InChI=1S/C27H19F5N2O4S/c1-33(39-26-24(31)22(29)21(28)23(30)25(26)32)13-20(36)34(17-8-9-18(27(37)38)19(35)11-17)12-14-6-7-15-4-2-3-5-16(15)10-14/h2-11,35H,12-13H2,1H3,(H,37,38). The lowest BCUT2D eigenvalue weighted by atomic mass is 10.1. The van der Waals surface area contributed by atoms with E-state index in [4.69, 9.17) is 0 Å².